The lowest BCUT2D eigenvalue weighted by molar-refractivity contribution is 0.763. The Hall–Kier alpha value is -1.35. The van der Waals surface area contributed by atoms with E-state index in [9.17, 15) is 0 Å². The SMILES string of the molecule is Cn1cc(C2CCNC2)c2cccnc21. The predicted octanol–water partition coefficient (Wildman–Crippen LogP) is 1.65. The van der Waals surface area contributed by atoms with Crippen LogP contribution in [0, 0.1) is 0 Å². The smallest absolute Gasteiger partial charge is 0.139 e. The molecule has 1 N–H and O–H groups in total. The lowest BCUT2D eigenvalue weighted by Gasteiger charge is -2.05. The monoisotopic (exact) mass is 201 g/mol. The lowest BCUT2D eigenvalue weighted by Crippen LogP contribution is -2.07. The maximum absolute atomic E-state index is 4.42. The van der Waals surface area contributed by atoms with Crippen molar-refractivity contribution in [2.45, 2.75) is 12.3 Å². The molecule has 0 spiro atoms. The second kappa shape index (κ2) is 3.35. The number of fused-ring (bicyclic) bond motifs is 1. The van der Waals surface area contributed by atoms with Crippen molar-refractivity contribution in [1.29, 1.82) is 0 Å². The minimum Gasteiger partial charge on any atom is -0.335 e. The van der Waals surface area contributed by atoms with E-state index < -0.39 is 0 Å². The molecule has 3 nitrogen and oxygen atoms in total. The fraction of sp³-hybridized carbons (Fsp3) is 0.417. The molecule has 1 aliphatic rings. The summed E-state index contributed by atoms with van der Waals surface area (Å²) in [5, 5.41) is 4.73. The van der Waals surface area contributed by atoms with Crippen molar-refractivity contribution in [3.05, 3.63) is 30.1 Å². The average molecular weight is 201 g/mol. The summed E-state index contributed by atoms with van der Waals surface area (Å²) in [6, 6.07) is 4.20. The summed E-state index contributed by atoms with van der Waals surface area (Å²) in [7, 11) is 2.07. The molecule has 1 aliphatic heterocycles. The van der Waals surface area contributed by atoms with E-state index in [4.69, 9.17) is 0 Å². The van der Waals surface area contributed by atoms with Gasteiger partial charge in [0, 0.05) is 31.4 Å². The van der Waals surface area contributed by atoms with Crippen molar-refractivity contribution in [3.63, 3.8) is 0 Å². The highest BCUT2D eigenvalue weighted by Gasteiger charge is 2.20. The molecule has 1 atom stereocenters. The number of rotatable bonds is 1. The first kappa shape index (κ1) is 8.92. The first-order valence-corrected chi connectivity index (χ1v) is 5.47. The first-order chi connectivity index (χ1) is 7.36. The van der Waals surface area contributed by atoms with Crippen LogP contribution in [0.3, 0.4) is 0 Å². The van der Waals surface area contributed by atoms with Crippen LogP contribution in [0.5, 0.6) is 0 Å². The zero-order valence-corrected chi connectivity index (χ0v) is 8.90. The minimum absolute atomic E-state index is 0.665. The van der Waals surface area contributed by atoms with Gasteiger partial charge < -0.3 is 9.88 Å². The Balaban J connectivity index is 2.17. The van der Waals surface area contributed by atoms with Gasteiger partial charge in [-0.3, -0.25) is 0 Å². The van der Waals surface area contributed by atoms with Crippen LogP contribution in [0.4, 0.5) is 0 Å². The minimum atomic E-state index is 0.665. The van der Waals surface area contributed by atoms with E-state index in [0.717, 1.165) is 18.7 Å². The van der Waals surface area contributed by atoms with Gasteiger partial charge >= 0.3 is 0 Å². The predicted molar refractivity (Wildman–Crippen MR) is 60.9 cm³/mol. The van der Waals surface area contributed by atoms with Gasteiger partial charge in [0.15, 0.2) is 0 Å². The van der Waals surface area contributed by atoms with Crippen molar-refractivity contribution >= 4 is 11.0 Å². The molecular formula is C12H15N3. The molecule has 0 amide bonds. The highest BCUT2D eigenvalue weighted by atomic mass is 15.0. The van der Waals surface area contributed by atoms with Crippen molar-refractivity contribution in [2.24, 2.45) is 7.05 Å². The van der Waals surface area contributed by atoms with E-state index in [1.165, 1.54) is 17.4 Å². The molecule has 78 valence electrons. The molecule has 0 bridgehead atoms. The first-order valence-electron chi connectivity index (χ1n) is 5.47. The van der Waals surface area contributed by atoms with Gasteiger partial charge in [0.1, 0.15) is 5.65 Å². The highest BCUT2D eigenvalue weighted by molar-refractivity contribution is 5.81. The van der Waals surface area contributed by atoms with E-state index in [1.54, 1.807) is 0 Å². The summed E-state index contributed by atoms with van der Waals surface area (Å²) >= 11 is 0. The van der Waals surface area contributed by atoms with Crippen LogP contribution in [0.25, 0.3) is 11.0 Å². The van der Waals surface area contributed by atoms with Gasteiger partial charge in [-0.05, 0) is 36.6 Å². The van der Waals surface area contributed by atoms with E-state index in [-0.39, 0.29) is 0 Å². The zero-order chi connectivity index (χ0) is 10.3. The second-order valence-corrected chi connectivity index (χ2v) is 4.26. The molecule has 1 unspecified atom stereocenters. The quantitative estimate of drug-likeness (QED) is 0.760. The Morgan fingerprint density at radius 2 is 2.47 bits per heavy atom. The third-order valence-electron chi connectivity index (χ3n) is 3.26. The van der Waals surface area contributed by atoms with Gasteiger partial charge in [-0.25, -0.2) is 4.98 Å². The van der Waals surface area contributed by atoms with Gasteiger partial charge in [0.2, 0.25) is 0 Å². The fourth-order valence-corrected chi connectivity index (χ4v) is 2.49. The molecule has 2 aromatic heterocycles. The topological polar surface area (TPSA) is 29.9 Å². The molecule has 0 aliphatic carbocycles. The van der Waals surface area contributed by atoms with Crippen molar-refractivity contribution in [2.75, 3.05) is 13.1 Å². The van der Waals surface area contributed by atoms with Crippen LogP contribution < -0.4 is 5.32 Å². The highest BCUT2D eigenvalue weighted by Crippen LogP contribution is 2.29. The Morgan fingerprint density at radius 1 is 1.53 bits per heavy atom. The molecular weight excluding hydrogens is 186 g/mol. The van der Waals surface area contributed by atoms with E-state index in [2.05, 4.69) is 34.2 Å². The second-order valence-electron chi connectivity index (χ2n) is 4.26. The summed E-state index contributed by atoms with van der Waals surface area (Å²) < 4.78 is 2.13. The molecule has 0 radical (unpaired) electrons. The Bertz CT molecular complexity index is 481. The number of aryl methyl sites for hydroxylation is 1. The van der Waals surface area contributed by atoms with Gasteiger partial charge in [-0.1, -0.05) is 0 Å². The zero-order valence-electron chi connectivity index (χ0n) is 8.90. The molecule has 3 rings (SSSR count). The third-order valence-corrected chi connectivity index (χ3v) is 3.26. The van der Waals surface area contributed by atoms with E-state index >= 15 is 0 Å². The molecule has 0 saturated carbocycles. The summed E-state index contributed by atoms with van der Waals surface area (Å²) in [6.07, 6.45) is 5.34. The standard InChI is InChI=1S/C12H15N3/c1-15-8-11(9-4-6-13-7-9)10-3-2-5-14-12(10)15/h2-3,5,8-9,13H,4,6-7H2,1H3. The summed E-state index contributed by atoms with van der Waals surface area (Å²) in [5.74, 6) is 0.665. The van der Waals surface area contributed by atoms with Gasteiger partial charge in [0.05, 0.1) is 0 Å². The van der Waals surface area contributed by atoms with Gasteiger partial charge in [0.25, 0.3) is 0 Å². The van der Waals surface area contributed by atoms with Crippen molar-refractivity contribution in [1.82, 2.24) is 14.9 Å². The summed E-state index contributed by atoms with van der Waals surface area (Å²) in [6.45, 7) is 2.25. The number of nitrogens with zero attached hydrogens (tertiary/aromatic N) is 2. The molecule has 3 heteroatoms. The normalized spacial score (nSPS) is 21.3. The maximum Gasteiger partial charge on any atom is 0.139 e. The molecule has 2 aromatic rings. The molecule has 1 saturated heterocycles. The van der Waals surface area contributed by atoms with Crippen LogP contribution in [-0.4, -0.2) is 22.6 Å². The molecule has 3 heterocycles. The Labute approximate surface area is 89.1 Å². The molecule has 0 aromatic carbocycles. The summed E-state index contributed by atoms with van der Waals surface area (Å²) in [5.41, 5.74) is 2.55. The van der Waals surface area contributed by atoms with E-state index in [1.807, 2.05) is 12.3 Å². The van der Waals surface area contributed by atoms with Gasteiger partial charge in [-0.2, -0.15) is 0 Å². The van der Waals surface area contributed by atoms with Crippen LogP contribution in [-0.2, 0) is 7.05 Å². The van der Waals surface area contributed by atoms with Crippen molar-refractivity contribution < 1.29 is 0 Å². The van der Waals surface area contributed by atoms with Crippen molar-refractivity contribution in [3.8, 4) is 0 Å². The van der Waals surface area contributed by atoms with Crippen LogP contribution in [0.15, 0.2) is 24.5 Å². The fourth-order valence-electron chi connectivity index (χ4n) is 2.49. The number of aromatic nitrogens is 2. The third kappa shape index (κ3) is 1.35. The lowest BCUT2D eigenvalue weighted by atomic mass is 9.99. The number of hydrogen-bond acceptors (Lipinski definition) is 2. The average Bonchev–Trinajstić information content (AvgIpc) is 2.87. The van der Waals surface area contributed by atoms with E-state index in [0.29, 0.717) is 5.92 Å². The number of nitrogens with one attached hydrogen (secondary N) is 1. The molecule has 1 fully saturated rings. The number of pyridine rings is 1. The maximum atomic E-state index is 4.42. The Morgan fingerprint density at radius 3 is 3.27 bits per heavy atom. The Kier molecular flexibility index (Phi) is 1.99. The largest absolute Gasteiger partial charge is 0.335 e. The number of hydrogen-bond donors (Lipinski definition) is 1. The van der Waals surface area contributed by atoms with Crippen LogP contribution >= 0.6 is 0 Å². The van der Waals surface area contributed by atoms with Crippen LogP contribution in [0.1, 0.15) is 17.9 Å². The summed E-state index contributed by atoms with van der Waals surface area (Å²) in [4.78, 5) is 4.42. The molecule has 15 heavy (non-hydrogen) atoms. The van der Waals surface area contributed by atoms with Crippen LogP contribution in [0.2, 0.25) is 0 Å². The van der Waals surface area contributed by atoms with Gasteiger partial charge in [-0.15, -0.1) is 0 Å².